The van der Waals surface area contributed by atoms with Crippen LogP contribution < -0.4 is 5.32 Å². The van der Waals surface area contributed by atoms with Crippen molar-refractivity contribution in [2.24, 2.45) is 0 Å². The summed E-state index contributed by atoms with van der Waals surface area (Å²) in [6, 6.07) is 27.8. The Kier molecular flexibility index (Phi) is 5.64. The molecule has 2 nitrogen and oxygen atoms in total. The smallest absolute Gasteiger partial charge is 0.165 e. The number of carbonyl (C=O) groups excluding carboxylic acids is 1. The van der Waals surface area contributed by atoms with Gasteiger partial charge < -0.3 is 5.32 Å². The number of para-hydroxylation sites is 1. The van der Waals surface area contributed by atoms with E-state index >= 15 is 0 Å². The third kappa shape index (κ3) is 4.45. The maximum absolute atomic E-state index is 12.7. The highest BCUT2D eigenvalue weighted by molar-refractivity contribution is 14.1. The fourth-order valence-corrected chi connectivity index (χ4v) is 2.97. The normalized spacial score (nSPS) is 11.7. The summed E-state index contributed by atoms with van der Waals surface area (Å²) in [6.45, 7) is 0. The Hall–Kier alpha value is -2.14. The zero-order valence-electron chi connectivity index (χ0n) is 13.2. The van der Waals surface area contributed by atoms with Crippen LogP contribution >= 0.6 is 22.6 Å². The van der Waals surface area contributed by atoms with Crippen LogP contribution in [0.3, 0.4) is 0 Å². The Balaban J connectivity index is 1.82. The van der Waals surface area contributed by atoms with Crippen molar-refractivity contribution in [2.45, 2.75) is 12.5 Å². The molecule has 3 heteroatoms. The number of benzene rings is 3. The minimum absolute atomic E-state index is 0.0552. The van der Waals surface area contributed by atoms with Crippen LogP contribution in [-0.4, -0.2) is 5.78 Å². The molecule has 0 radical (unpaired) electrons. The number of carbonyl (C=O) groups is 1. The molecule has 0 bridgehead atoms. The van der Waals surface area contributed by atoms with Crippen LogP contribution in [0.4, 0.5) is 5.69 Å². The fourth-order valence-electron chi connectivity index (χ4n) is 2.61. The van der Waals surface area contributed by atoms with Gasteiger partial charge in [0.15, 0.2) is 5.78 Å². The van der Waals surface area contributed by atoms with Gasteiger partial charge in [0.25, 0.3) is 0 Å². The minimum Gasteiger partial charge on any atom is -0.378 e. The topological polar surface area (TPSA) is 29.1 Å². The van der Waals surface area contributed by atoms with Gasteiger partial charge in [0.2, 0.25) is 0 Å². The van der Waals surface area contributed by atoms with E-state index in [0.717, 1.165) is 20.4 Å². The summed E-state index contributed by atoms with van der Waals surface area (Å²) in [5.74, 6) is 0.142. The van der Waals surface area contributed by atoms with Gasteiger partial charge in [-0.15, -0.1) is 0 Å². The lowest BCUT2D eigenvalue weighted by Crippen LogP contribution is -2.15. The van der Waals surface area contributed by atoms with E-state index in [0.29, 0.717) is 6.42 Å². The van der Waals surface area contributed by atoms with Gasteiger partial charge in [-0.25, -0.2) is 0 Å². The van der Waals surface area contributed by atoms with E-state index in [4.69, 9.17) is 0 Å². The van der Waals surface area contributed by atoms with Gasteiger partial charge in [0.05, 0.1) is 6.04 Å². The van der Waals surface area contributed by atoms with Crippen molar-refractivity contribution < 1.29 is 4.79 Å². The van der Waals surface area contributed by atoms with Gasteiger partial charge >= 0.3 is 0 Å². The number of nitrogens with one attached hydrogen (secondary N) is 1. The molecular formula is C21H18INO. The van der Waals surface area contributed by atoms with E-state index in [9.17, 15) is 4.79 Å². The molecule has 120 valence electrons. The van der Waals surface area contributed by atoms with Crippen LogP contribution in [0.5, 0.6) is 0 Å². The second kappa shape index (κ2) is 8.11. The lowest BCUT2D eigenvalue weighted by Gasteiger charge is -2.20. The predicted octanol–water partition coefficient (Wildman–Crippen LogP) is 5.72. The molecule has 0 aliphatic carbocycles. The zero-order chi connectivity index (χ0) is 16.8. The second-order valence-electron chi connectivity index (χ2n) is 5.61. The number of hydrogen-bond donors (Lipinski definition) is 1. The highest BCUT2D eigenvalue weighted by Crippen LogP contribution is 2.24. The van der Waals surface area contributed by atoms with Crippen LogP contribution in [0, 0.1) is 3.57 Å². The maximum atomic E-state index is 12.7. The molecule has 3 aromatic rings. The molecule has 0 saturated heterocycles. The van der Waals surface area contributed by atoms with Crippen molar-refractivity contribution in [1.82, 2.24) is 0 Å². The van der Waals surface area contributed by atoms with Gasteiger partial charge in [-0.05, 0) is 52.4 Å². The van der Waals surface area contributed by atoms with E-state index in [1.54, 1.807) is 0 Å². The molecule has 0 unspecified atom stereocenters. The molecule has 0 fully saturated rings. The van der Waals surface area contributed by atoms with Crippen LogP contribution in [0.2, 0.25) is 0 Å². The monoisotopic (exact) mass is 427 g/mol. The van der Waals surface area contributed by atoms with Gasteiger partial charge in [-0.2, -0.15) is 0 Å². The summed E-state index contributed by atoms with van der Waals surface area (Å²) in [5.41, 5.74) is 2.88. The van der Waals surface area contributed by atoms with Crippen LogP contribution in [0.1, 0.15) is 28.4 Å². The molecule has 0 heterocycles. The SMILES string of the molecule is O=C(C[C@@H](Nc1ccccc1)c1ccccc1)c1ccc(I)cc1. The number of anilines is 1. The molecule has 1 atom stereocenters. The van der Waals surface area contributed by atoms with Crippen LogP contribution in [0.15, 0.2) is 84.9 Å². The lowest BCUT2D eigenvalue weighted by atomic mass is 9.97. The Bertz CT molecular complexity index is 785. The number of hydrogen-bond acceptors (Lipinski definition) is 2. The minimum atomic E-state index is -0.0552. The highest BCUT2D eigenvalue weighted by Gasteiger charge is 2.17. The van der Waals surface area contributed by atoms with Crippen molar-refractivity contribution >= 4 is 34.1 Å². The molecule has 1 N–H and O–H groups in total. The molecule has 0 saturated carbocycles. The van der Waals surface area contributed by atoms with Crippen LogP contribution in [-0.2, 0) is 0 Å². The van der Waals surface area contributed by atoms with E-state index in [1.165, 1.54) is 0 Å². The molecule has 0 aromatic heterocycles. The fraction of sp³-hybridized carbons (Fsp3) is 0.0952. The number of Topliss-reactive ketones (excluding diaryl/α,β-unsaturated/α-hetero) is 1. The molecule has 24 heavy (non-hydrogen) atoms. The predicted molar refractivity (Wildman–Crippen MR) is 107 cm³/mol. The first kappa shape index (κ1) is 16.7. The van der Waals surface area contributed by atoms with E-state index in [2.05, 4.69) is 40.0 Å². The van der Waals surface area contributed by atoms with Crippen molar-refractivity contribution in [1.29, 1.82) is 0 Å². The molecular weight excluding hydrogens is 409 g/mol. The first-order valence-corrected chi connectivity index (χ1v) is 8.95. The Morgan fingerprint density at radius 1 is 0.833 bits per heavy atom. The van der Waals surface area contributed by atoms with Crippen molar-refractivity contribution in [3.05, 3.63) is 99.6 Å². The summed E-state index contributed by atoms with van der Waals surface area (Å²) in [7, 11) is 0. The quantitative estimate of drug-likeness (QED) is 0.403. The van der Waals surface area contributed by atoms with E-state index in [1.807, 2.05) is 72.8 Å². The molecule has 0 aliphatic heterocycles. The first-order chi connectivity index (χ1) is 11.7. The summed E-state index contributed by atoms with van der Waals surface area (Å²) in [6.07, 6.45) is 0.416. The Labute approximate surface area is 156 Å². The standard InChI is InChI=1S/C21H18INO/c22-18-13-11-17(12-14-18)21(24)15-20(16-7-3-1-4-8-16)23-19-9-5-2-6-10-19/h1-14,20,23H,15H2/t20-/m1/s1. The third-order valence-electron chi connectivity index (χ3n) is 3.87. The molecule has 0 spiro atoms. The summed E-state index contributed by atoms with van der Waals surface area (Å²) >= 11 is 2.25. The van der Waals surface area contributed by atoms with Crippen molar-refractivity contribution in [2.75, 3.05) is 5.32 Å². The molecule has 3 rings (SSSR count). The third-order valence-corrected chi connectivity index (χ3v) is 4.59. The zero-order valence-corrected chi connectivity index (χ0v) is 15.3. The summed E-state index contributed by atoms with van der Waals surface area (Å²) < 4.78 is 1.13. The summed E-state index contributed by atoms with van der Waals surface area (Å²) in [4.78, 5) is 12.7. The largest absolute Gasteiger partial charge is 0.378 e. The van der Waals surface area contributed by atoms with Crippen molar-refractivity contribution in [3.63, 3.8) is 0 Å². The van der Waals surface area contributed by atoms with E-state index < -0.39 is 0 Å². The van der Waals surface area contributed by atoms with Gasteiger partial charge in [0, 0.05) is 21.2 Å². The molecule has 0 amide bonds. The number of rotatable bonds is 6. The van der Waals surface area contributed by atoms with Gasteiger partial charge in [0.1, 0.15) is 0 Å². The average Bonchev–Trinajstić information content (AvgIpc) is 2.63. The lowest BCUT2D eigenvalue weighted by molar-refractivity contribution is 0.0976. The number of ketones is 1. The summed E-state index contributed by atoms with van der Waals surface area (Å²) in [5, 5.41) is 3.49. The highest BCUT2D eigenvalue weighted by atomic mass is 127. The van der Waals surface area contributed by atoms with Crippen molar-refractivity contribution in [3.8, 4) is 0 Å². The first-order valence-electron chi connectivity index (χ1n) is 7.87. The molecule has 0 aliphatic rings. The second-order valence-corrected chi connectivity index (χ2v) is 6.85. The Morgan fingerprint density at radius 3 is 2.04 bits per heavy atom. The maximum Gasteiger partial charge on any atom is 0.165 e. The van der Waals surface area contributed by atoms with Gasteiger partial charge in [-0.3, -0.25) is 4.79 Å². The Morgan fingerprint density at radius 2 is 1.42 bits per heavy atom. The average molecular weight is 427 g/mol. The van der Waals surface area contributed by atoms with E-state index in [-0.39, 0.29) is 11.8 Å². The van der Waals surface area contributed by atoms with Gasteiger partial charge in [-0.1, -0.05) is 60.7 Å². The number of halogens is 1. The van der Waals surface area contributed by atoms with Crippen LogP contribution in [0.25, 0.3) is 0 Å². The molecule has 3 aromatic carbocycles.